The van der Waals surface area contributed by atoms with Crippen LogP contribution in [0.5, 0.6) is 17.2 Å². The Bertz CT molecular complexity index is 882. The lowest BCUT2D eigenvalue weighted by Gasteiger charge is -2.28. The first-order chi connectivity index (χ1) is 18.7. The molecule has 0 aromatic heterocycles. The highest BCUT2D eigenvalue weighted by Crippen LogP contribution is 2.33. The summed E-state index contributed by atoms with van der Waals surface area (Å²) >= 11 is 0. The van der Waals surface area contributed by atoms with Gasteiger partial charge in [-0.05, 0) is 79.6 Å². The normalized spacial score (nSPS) is 17.2. The average Bonchev–Trinajstić information content (AvgIpc) is 2.95. The molecule has 0 radical (unpaired) electrons. The molecule has 0 aliphatic heterocycles. The van der Waals surface area contributed by atoms with Gasteiger partial charge in [-0.25, -0.2) is 4.79 Å². The van der Waals surface area contributed by atoms with Gasteiger partial charge in [0, 0.05) is 0 Å². The maximum Gasteiger partial charge on any atom is 0.343 e. The van der Waals surface area contributed by atoms with Crippen molar-refractivity contribution in [3.8, 4) is 17.2 Å². The van der Waals surface area contributed by atoms with Crippen molar-refractivity contribution < 1.29 is 19.0 Å². The Hall–Kier alpha value is -2.49. The first-order valence-corrected chi connectivity index (χ1v) is 15.4. The number of ether oxygens (including phenoxy) is 3. The van der Waals surface area contributed by atoms with Gasteiger partial charge in [0.05, 0.1) is 18.8 Å². The molecule has 4 nitrogen and oxygen atoms in total. The number of rotatable bonds is 18. The van der Waals surface area contributed by atoms with E-state index in [4.69, 9.17) is 14.2 Å². The third-order valence-corrected chi connectivity index (χ3v) is 7.83. The summed E-state index contributed by atoms with van der Waals surface area (Å²) in [5.74, 6) is 3.60. The molecule has 0 spiro atoms. The maximum absolute atomic E-state index is 12.5. The summed E-state index contributed by atoms with van der Waals surface area (Å²) in [5, 5.41) is 0. The molecule has 210 valence electrons. The van der Waals surface area contributed by atoms with Crippen LogP contribution in [0.25, 0.3) is 0 Å². The van der Waals surface area contributed by atoms with Gasteiger partial charge in [0.15, 0.2) is 0 Å². The van der Waals surface area contributed by atoms with Crippen molar-refractivity contribution in [2.24, 2.45) is 11.8 Å². The summed E-state index contributed by atoms with van der Waals surface area (Å²) in [7, 11) is 0. The van der Waals surface area contributed by atoms with Gasteiger partial charge in [-0.2, -0.15) is 0 Å². The van der Waals surface area contributed by atoms with Crippen LogP contribution in [-0.4, -0.2) is 19.2 Å². The van der Waals surface area contributed by atoms with E-state index in [0.717, 1.165) is 42.8 Å². The van der Waals surface area contributed by atoms with E-state index >= 15 is 0 Å². The molecule has 0 heterocycles. The van der Waals surface area contributed by atoms with Crippen LogP contribution in [0.2, 0.25) is 0 Å². The van der Waals surface area contributed by atoms with Crippen LogP contribution >= 0.6 is 0 Å². The number of benzene rings is 2. The molecule has 2 aromatic rings. The zero-order valence-corrected chi connectivity index (χ0v) is 23.9. The lowest BCUT2D eigenvalue weighted by Crippen LogP contribution is -2.15. The summed E-state index contributed by atoms with van der Waals surface area (Å²) in [6.45, 7) is 5.99. The van der Waals surface area contributed by atoms with E-state index in [-0.39, 0.29) is 5.97 Å². The molecular formula is C34H50O4. The van der Waals surface area contributed by atoms with Crippen molar-refractivity contribution in [1.29, 1.82) is 0 Å². The molecule has 0 unspecified atom stereocenters. The molecule has 0 N–H and O–H groups in total. The third-order valence-electron chi connectivity index (χ3n) is 7.83. The van der Waals surface area contributed by atoms with Crippen molar-refractivity contribution >= 4 is 5.97 Å². The van der Waals surface area contributed by atoms with E-state index in [1.54, 1.807) is 24.3 Å². The molecule has 1 aliphatic carbocycles. The maximum atomic E-state index is 12.5. The Morgan fingerprint density at radius 1 is 0.605 bits per heavy atom. The minimum absolute atomic E-state index is 0.369. The summed E-state index contributed by atoms with van der Waals surface area (Å²) in [5.41, 5.74) is 0.511. The molecule has 0 saturated heterocycles. The van der Waals surface area contributed by atoms with E-state index in [2.05, 4.69) is 13.8 Å². The fourth-order valence-electron chi connectivity index (χ4n) is 5.49. The predicted octanol–water partition coefficient (Wildman–Crippen LogP) is 9.80. The lowest BCUT2D eigenvalue weighted by molar-refractivity contribution is 0.0734. The molecular weight excluding hydrogens is 472 g/mol. The standard InChI is InChI=1S/C34H50O4/c1-3-5-6-7-8-9-10-26-36-31-20-18-30(19-21-31)34(35)38-33-24-22-32(23-25-33)37-27-11-13-29-16-14-28(12-4-2)15-17-29/h18-25,28-29H,3-17,26-27H2,1-2H3. The Balaban J connectivity index is 1.28. The predicted molar refractivity (Wildman–Crippen MR) is 156 cm³/mol. The van der Waals surface area contributed by atoms with Crippen LogP contribution in [0, 0.1) is 11.8 Å². The van der Waals surface area contributed by atoms with Gasteiger partial charge in [-0.15, -0.1) is 0 Å². The van der Waals surface area contributed by atoms with E-state index in [0.29, 0.717) is 17.9 Å². The van der Waals surface area contributed by atoms with Gasteiger partial charge in [0.25, 0.3) is 0 Å². The zero-order valence-electron chi connectivity index (χ0n) is 23.9. The molecule has 0 amide bonds. The molecule has 1 saturated carbocycles. The molecule has 38 heavy (non-hydrogen) atoms. The highest BCUT2D eigenvalue weighted by molar-refractivity contribution is 5.91. The van der Waals surface area contributed by atoms with Gasteiger partial charge in [0.1, 0.15) is 17.2 Å². The Morgan fingerprint density at radius 2 is 1.11 bits per heavy atom. The van der Waals surface area contributed by atoms with E-state index in [9.17, 15) is 4.79 Å². The quantitative estimate of drug-likeness (QED) is 0.111. The minimum Gasteiger partial charge on any atom is -0.494 e. The molecule has 2 aromatic carbocycles. The van der Waals surface area contributed by atoms with Gasteiger partial charge in [-0.1, -0.05) is 90.9 Å². The topological polar surface area (TPSA) is 44.8 Å². The number of hydrogen-bond donors (Lipinski definition) is 0. The van der Waals surface area contributed by atoms with Crippen molar-refractivity contribution in [3.63, 3.8) is 0 Å². The molecule has 4 heteroatoms. The molecule has 1 aliphatic rings. The van der Waals surface area contributed by atoms with Crippen LogP contribution in [0.15, 0.2) is 48.5 Å². The monoisotopic (exact) mass is 522 g/mol. The van der Waals surface area contributed by atoms with Crippen molar-refractivity contribution in [1.82, 2.24) is 0 Å². The largest absolute Gasteiger partial charge is 0.494 e. The fourth-order valence-corrected chi connectivity index (χ4v) is 5.49. The molecule has 3 rings (SSSR count). The first kappa shape index (κ1) is 30.1. The van der Waals surface area contributed by atoms with Gasteiger partial charge < -0.3 is 14.2 Å². The van der Waals surface area contributed by atoms with Crippen molar-refractivity contribution in [2.75, 3.05) is 13.2 Å². The molecule has 0 bridgehead atoms. The third kappa shape index (κ3) is 11.5. The highest BCUT2D eigenvalue weighted by atomic mass is 16.5. The second kappa shape index (κ2) is 17.9. The lowest BCUT2D eigenvalue weighted by atomic mass is 9.78. The minimum atomic E-state index is -0.369. The van der Waals surface area contributed by atoms with Crippen LogP contribution in [0.1, 0.15) is 121 Å². The second-order valence-corrected chi connectivity index (χ2v) is 11.0. The van der Waals surface area contributed by atoms with Crippen molar-refractivity contribution in [2.45, 2.75) is 110 Å². The zero-order chi connectivity index (χ0) is 26.8. The Labute approximate surface area is 231 Å². The number of unbranched alkanes of at least 4 members (excludes halogenated alkanes) is 6. The van der Waals surface area contributed by atoms with Crippen LogP contribution in [0.3, 0.4) is 0 Å². The van der Waals surface area contributed by atoms with E-state index in [1.807, 2.05) is 24.3 Å². The Kier molecular flexibility index (Phi) is 14.2. The average molecular weight is 523 g/mol. The molecule has 1 fully saturated rings. The van der Waals surface area contributed by atoms with Crippen LogP contribution in [0.4, 0.5) is 0 Å². The summed E-state index contributed by atoms with van der Waals surface area (Å²) < 4.78 is 17.3. The van der Waals surface area contributed by atoms with Crippen LogP contribution < -0.4 is 14.2 Å². The van der Waals surface area contributed by atoms with Gasteiger partial charge >= 0.3 is 5.97 Å². The van der Waals surface area contributed by atoms with Crippen LogP contribution in [-0.2, 0) is 0 Å². The molecule has 0 atom stereocenters. The highest BCUT2D eigenvalue weighted by Gasteiger charge is 2.20. The summed E-state index contributed by atoms with van der Waals surface area (Å²) in [6, 6.07) is 14.5. The second-order valence-electron chi connectivity index (χ2n) is 11.0. The number of esters is 1. The van der Waals surface area contributed by atoms with Crippen molar-refractivity contribution in [3.05, 3.63) is 54.1 Å². The van der Waals surface area contributed by atoms with E-state index < -0.39 is 0 Å². The SMILES string of the molecule is CCCCCCCCCOc1ccc(C(=O)Oc2ccc(OCCCC3CCC(CCC)CC3)cc2)cc1. The summed E-state index contributed by atoms with van der Waals surface area (Å²) in [6.07, 6.45) is 19.5. The number of carbonyl (C=O) groups is 1. The number of carbonyl (C=O) groups excluding carboxylic acids is 1. The van der Waals surface area contributed by atoms with Gasteiger partial charge in [-0.3, -0.25) is 0 Å². The first-order valence-electron chi connectivity index (χ1n) is 15.4. The Morgan fingerprint density at radius 3 is 1.71 bits per heavy atom. The van der Waals surface area contributed by atoms with Gasteiger partial charge in [0.2, 0.25) is 0 Å². The number of hydrogen-bond acceptors (Lipinski definition) is 4. The van der Waals surface area contributed by atoms with E-state index in [1.165, 1.54) is 83.5 Å². The fraction of sp³-hybridized carbons (Fsp3) is 0.618. The summed E-state index contributed by atoms with van der Waals surface area (Å²) in [4.78, 5) is 12.5. The smallest absolute Gasteiger partial charge is 0.343 e.